The van der Waals surface area contributed by atoms with Gasteiger partial charge in [0.2, 0.25) is 0 Å². The van der Waals surface area contributed by atoms with E-state index in [1.807, 2.05) is 42.5 Å². The van der Waals surface area contributed by atoms with Crippen molar-refractivity contribution in [1.29, 1.82) is 0 Å². The van der Waals surface area contributed by atoms with Gasteiger partial charge in [0.05, 0.1) is 0 Å². The van der Waals surface area contributed by atoms with Gasteiger partial charge >= 0.3 is 0 Å². The van der Waals surface area contributed by atoms with Gasteiger partial charge in [-0.05, 0) is 42.2 Å². The number of carbonyl (C=O) groups is 1. The lowest BCUT2D eigenvalue weighted by Gasteiger charge is -2.08. The molecule has 0 unspecified atom stereocenters. The van der Waals surface area contributed by atoms with Crippen LogP contribution >= 0.6 is 0 Å². The van der Waals surface area contributed by atoms with Gasteiger partial charge < -0.3 is 5.32 Å². The molecular weight excluding hydrogens is 234 g/mol. The van der Waals surface area contributed by atoms with Crippen molar-refractivity contribution in [2.45, 2.75) is 26.8 Å². The van der Waals surface area contributed by atoms with Crippen molar-refractivity contribution in [1.82, 2.24) is 5.32 Å². The zero-order chi connectivity index (χ0) is 13.7. The average molecular weight is 253 g/mol. The summed E-state index contributed by atoms with van der Waals surface area (Å²) in [5, 5.41) is 2.95. The van der Waals surface area contributed by atoms with E-state index in [-0.39, 0.29) is 5.91 Å². The summed E-state index contributed by atoms with van der Waals surface area (Å²) in [5.41, 5.74) is 4.31. The Morgan fingerprint density at radius 1 is 1.05 bits per heavy atom. The van der Waals surface area contributed by atoms with E-state index in [1.54, 1.807) is 0 Å². The Morgan fingerprint density at radius 3 is 2.37 bits per heavy atom. The van der Waals surface area contributed by atoms with Gasteiger partial charge in [-0.25, -0.2) is 0 Å². The highest BCUT2D eigenvalue weighted by Gasteiger charge is 2.05. The number of benzene rings is 2. The number of aryl methyl sites for hydroxylation is 2. The fourth-order valence-electron chi connectivity index (χ4n) is 1.98. The summed E-state index contributed by atoms with van der Waals surface area (Å²) >= 11 is 0. The third kappa shape index (κ3) is 3.44. The van der Waals surface area contributed by atoms with Gasteiger partial charge in [-0.1, -0.05) is 43.3 Å². The van der Waals surface area contributed by atoms with E-state index in [0.29, 0.717) is 12.1 Å². The molecule has 0 saturated carbocycles. The van der Waals surface area contributed by atoms with Crippen LogP contribution < -0.4 is 5.32 Å². The molecule has 19 heavy (non-hydrogen) atoms. The molecule has 2 heteroatoms. The van der Waals surface area contributed by atoms with Crippen LogP contribution in [-0.4, -0.2) is 5.91 Å². The molecule has 0 aliphatic heterocycles. The normalized spacial score (nSPS) is 10.2. The second-order valence-corrected chi connectivity index (χ2v) is 4.66. The topological polar surface area (TPSA) is 29.1 Å². The number of rotatable bonds is 4. The van der Waals surface area contributed by atoms with Gasteiger partial charge in [-0.3, -0.25) is 4.79 Å². The van der Waals surface area contributed by atoms with E-state index in [2.05, 4.69) is 25.2 Å². The van der Waals surface area contributed by atoms with Crippen molar-refractivity contribution in [2.75, 3.05) is 0 Å². The van der Waals surface area contributed by atoms with Crippen LogP contribution in [0, 0.1) is 6.92 Å². The highest BCUT2D eigenvalue weighted by Crippen LogP contribution is 2.08. The van der Waals surface area contributed by atoms with Gasteiger partial charge in [0.25, 0.3) is 5.91 Å². The molecular formula is C17H19NO. The van der Waals surface area contributed by atoms with Crippen LogP contribution in [-0.2, 0) is 13.0 Å². The van der Waals surface area contributed by atoms with Gasteiger partial charge in [0, 0.05) is 12.1 Å². The molecule has 0 aliphatic rings. The van der Waals surface area contributed by atoms with Gasteiger partial charge in [0.15, 0.2) is 0 Å². The Kier molecular flexibility index (Phi) is 4.35. The van der Waals surface area contributed by atoms with Crippen molar-refractivity contribution < 1.29 is 4.79 Å². The van der Waals surface area contributed by atoms with Crippen LogP contribution in [0.3, 0.4) is 0 Å². The molecule has 0 fully saturated rings. The zero-order valence-electron chi connectivity index (χ0n) is 11.4. The van der Waals surface area contributed by atoms with Crippen LogP contribution in [0.25, 0.3) is 0 Å². The van der Waals surface area contributed by atoms with Crippen molar-refractivity contribution in [2.24, 2.45) is 0 Å². The number of hydrogen-bond acceptors (Lipinski definition) is 1. The first-order valence-corrected chi connectivity index (χ1v) is 6.62. The Labute approximate surface area is 114 Å². The Hall–Kier alpha value is -2.09. The lowest BCUT2D eigenvalue weighted by Crippen LogP contribution is -2.23. The number of amides is 1. The van der Waals surface area contributed by atoms with Gasteiger partial charge in [-0.15, -0.1) is 0 Å². The summed E-state index contributed by atoms with van der Waals surface area (Å²) in [5.74, 6) is -0.0223. The molecule has 0 aliphatic carbocycles. The molecule has 0 bridgehead atoms. The van der Waals surface area contributed by atoms with Crippen LogP contribution in [0.2, 0.25) is 0 Å². The largest absolute Gasteiger partial charge is 0.348 e. The summed E-state index contributed by atoms with van der Waals surface area (Å²) in [6.07, 6.45) is 0.991. The highest BCUT2D eigenvalue weighted by molar-refractivity contribution is 5.94. The third-order valence-electron chi connectivity index (χ3n) is 3.33. The summed E-state index contributed by atoms with van der Waals surface area (Å²) in [6.45, 7) is 4.73. The van der Waals surface area contributed by atoms with Crippen molar-refractivity contribution in [3.63, 3.8) is 0 Å². The molecule has 0 aromatic heterocycles. The van der Waals surface area contributed by atoms with E-state index in [9.17, 15) is 4.79 Å². The highest BCUT2D eigenvalue weighted by atomic mass is 16.1. The van der Waals surface area contributed by atoms with E-state index < -0.39 is 0 Å². The van der Waals surface area contributed by atoms with Crippen molar-refractivity contribution in [3.05, 3.63) is 70.8 Å². The van der Waals surface area contributed by atoms with Crippen LogP contribution in [0.4, 0.5) is 0 Å². The van der Waals surface area contributed by atoms with E-state index >= 15 is 0 Å². The predicted octanol–water partition coefficient (Wildman–Crippen LogP) is 3.49. The summed E-state index contributed by atoms with van der Waals surface area (Å²) < 4.78 is 0. The number of carbonyl (C=O) groups excluding carboxylic acids is 1. The Morgan fingerprint density at radius 2 is 1.74 bits per heavy atom. The molecule has 2 aromatic carbocycles. The maximum Gasteiger partial charge on any atom is 0.251 e. The second kappa shape index (κ2) is 6.19. The standard InChI is InChI=1S/C17H19NO/c1-3-14-8-10-15(11-9-14)17(19)18-12-16-7-5-4-6-13(16)2/h4-11H,3,12H2,1-2H3,(H,18,19). The predicted molar refractivity (Wildman–Crippen MR) is 78.2 cm³/mol. The van der Waals surface area contributed by atoms with Crippen LogP contribution in [0.5, 0.6) is 0 Å². The van der Waals surface area contributed by atoms with Crippen LogP contribution in [0.15, 0.2) is 48.5 Å². The van der Waals surface area contributed by atoms with Gasteiger partial charge in [-0.2, -0.15) is 0 Å². The molecule has 0 heterocycles. The first-order chi connectivity index (χ1) is 9.20. The Bertz CT molecular complexity index is 558. The summed E-state index contributed by atoms with van der Waals surface area (Å²) in [4.78, 5) is 12.0. The van der Waals surface area contributed by atoms with Crippen LogP contribution in [0.1, 0.15) is 34.0 Å². The van der Waals surface area contributed by atoms with E-state index in [4.69, 9.17) is 0 Å². The smallest absolute Gasteiger partial charge is 0.251 e. The molecule has 2 aromatic rings. The minimum Gasteiger partial charge on any atom is -0.348 e. The summed E-state index contributed by atoms with van der Waals surface area (Å²) in [7, 11) is 0. The molecule has 2 nitrogen and oxygen atoms in total. The maximum atomic E-state index is 12.0. The fraction of sp³-hybridized carbons (Fsp3) is 0.235. The number of nitrogens with one attached hydrogen (secondary N) is 1. The molecule has 0 spiro atoms. The zero-order valence-corrected chi connectivity index (χ0v) is 11.4. The average Bonchev–Trinajstić information content (AvgIpc) is 2.46. The molecule has 1 amide bonds. The minimum absolute atomic E-state index is 0.0223. The SMILES string of the molecule is CCc1ccc(C(=O)NCc2ccccc2C)cc1. The summed E-state index contributed by atoms with van der Waals surface area (Å²) in [6, 6.07) is 15.9. The third-order valence-corrected chi connectivity index (χ3v) is 3.33. The minimum atomic E-state index is -0.0223. The lowest BCUT2D eigenvalue weighted by molar-refractivity contribution is 0.0951. The maximum absolute atomic E-state index is 12.0. The van der Waals surface area contributed by atoms with Crippen molar-refractivity contribution in [3.8, 4) is 0 Å². The molecule has 0 atom stereocenters. The molecule has 1 N–H and O–H groups in total. The first kappa shape index (κ1) is 13.3. The second-order valence-electron chi connectivity index (χ2n) is 4.66. The lowest BCUT2D eigenvalue weighted by atomic mass is 10.1. The van der Waals surface area contributed by atoms with Gasteiger partial charge in [0.1, 0.15) is 0 Å². The fourth-order valence-corrected chi connectivity index (χ4v) is 1.98. The molecule has 2 rings (SSSR count). The molecule has 0 saturated heterocycles. The van der Waals surface area contributed by atoms with Crippen molar-refractivity contribution >= 4 is 5.91 Å². The van der Waals surface area contributed by atoms with E-state index in [0.717, 1.165) is 12.0 Å². The molecule has 98 valence electrons. The molecule has 0 radical (unpaired) electrons. The quantitative estimate of drug-likeness (QED) is 0.888. The number of hydrogen-bond donors (Lipinski definition) is 1. The Balaban J connectivity index is 1.99. The first-order valence-electron chi connectivity index (χ1n) is 6.62. The monoisotopic (exact) mass is 253 g/mol. The van der Waals surface area contributed by atoms with E-state index in [1.165, 1.54) is 11.1 Å².